The van der Waals surface area contributed by atoms with Gasteiger partial charge in [0.05, 0.1) is 12.1 Å². The van der Waals surface area contributed by atoms with Crippen LogP contribution in [0.4, 0.5) is 0 Å². The summed E-state index contributed by atoms with van der Waals surface area (Å²) in [5.41, 5.74) is -0.169. The second-order valence-electron chi connectivity index (χ2n) is 3.96. The molecule has 0 spiro atoms. The van der Waals surface area contributed by atoms with Crippen LogP contribution in [0.5, 0.6) is 0 Å². The van der Waals surface area contributed by atoms with Crippen molar-refractivity contribution in [2.75, 3.05) is 6.26 Å². The largest absolute Gasteiger partial charge is 0.392 e. The molecule has 1 aliphatic carbocycles. The van der Waals surface area contributed by atoms with Crippen molar-refractivity contribution in [1.82, 2.24) is 5.32 Å². The molecule has 1 aliphatic rings. The molecule has 0 radical (unpaired) electrons. The Labute approximate surface area is 88.4 Å². The van der Waals surface area contributed by atoms with Crippen LogP contribution in [0.25, 0.3) is 0 Å². The molecule has 1 fully saturated rings. The topological polar surface area (TPSA) is 68.4 Å². The van der Waals surface area contributed by atoms with Crippen LogP contribution in [0, 0.1) is 16.9 Å². The monoisotopic (exact) mass is 213 g/mol. The summed E-state index contributed by atoms with van der Waals surface area (Å²) in [6.07, 6.45) is 4.12. The lowest BCUT2D eigenvalue weighted by Gasteiger charge is -2.47. The summed E-state index contributed by atoms with van der Waals surface area (Å²) < 4.78 is 0. The molecule has 78 valence electrons. The molecule has 0 aromatic carbocycles. The SMILES string of the molecule is CSC(=NC1CC(O)C1(C)C)NC#N. The number of nitrogens with one attached hydrogen (secondary N) is 1. The van der Waals surface area contributed by atoms with Crippen LogP contribution in [-0.4, -0.2) is 28.7 Å². The van der Waals surface area contributed by atoms with Gasteiger partial charge in [-0.1, -0.05) is 25.6 Å². The van der Waals surface area contributed by atoms with Crippen LogP contribution in [0.2, 0.25) is 0 Å². The van der Waals surface area contributed by atoms with Gasteiger partial charge < -0.3 is 5.11 Å². The van der Waals surface area contributed by atoms with Gasteiger partial charge in [0.1, 0.15) is 0 Å². The summed E-state index contributed by atoms with van der Waals surface area (Å²) in [6.45, 7) is 3.97. The highest BCUT2D eigenvalue weighted by Crippen LogP contribution is 2.42. The molecule has 0 bridgehead atoms. The maximum Gasteiger partial charge on any atom is 0.183 e. The van der Waals surface area contributed by atoms with E-state index in [-0.39, 0.29) is 17.6 Å². The zero-order chi connectivity index (χ0) is 10.8. The fraction of sp³-hybridized carbons (Fsp3) is 0.778. The molecule has 2 N–H and O–H groups in total. The molecule has 4 nitrogen and oxygen atoms in total. The Hall–Kier alpha value is -0.730. The number of hydrogen-bond acceptors (Lipinski definition) is 4. The van der Waals surface area contributed by atoms with E-state index in [1.807, 2.05) is 26.3 Å². The predicted octanol–water partition coefficient (Wildman–Crippen LogP) is 0.935. The minimum Gasteiger partial charge on any atom is -0.392 e. The van der Waals surface area contributed by atoms with Crippen LogP contribution >= 0.6 is 11.8 Å². The first-order valence-corrected chi connectivity index (χ1v) is 5.69. The van der Waals surface area contributed by atoms with Crippen molar-refractivity contribution in [2.45, 2.75) is 32.4 Å². The number of hydrogen-bond donors (Lipinski definition) is 2. The Morgan fingerprint density at radius 1 is 1.71 bits per heavy atom. The first-order valence-electron chi connectivity index (χ1n) is 4.47. The third kappa shape index (κ3) is 2.02. The summed E-state index contributed by atoms with van der Waals surface area (Å²) in [4.78, 5) is 4.38. The number of thioether (sulfide) groups is 1. The van der Waals surface area contributed by atoms with E-state index in [9.17, 15) is 5.11 Å². The van der Waals surface area contributed by atoms with Crippen molar-refractivity contribution in [1.29, 1.82) is 5.26 Å². The molecule has 0 heterocycles. The average Bonchev–Trinajstić information content (AvgIpc) is 2.16. The minimum absolute atomic E-state index is 0.112. The van der Waals surface area contributed by atoms with E-state index in [0.717, 1.165) is 0 Å². The number of aliphatic hydroxyl groups excluding tert-OH is 1. The molecule has 0 aromatic rings. The maximum atomic E-state index is 9.50. The zero-order valence-electron chi connectivity index (χ0n) is 8.61. The molecule has 0 saturated heterocycles. The van der Waals surface area contributed by atoms with Gasteiger partial charge in [0, 0.05) is 5.41 Å². The first kappa shape index (κ1) is 11.3. The van der Waals surface area contributed by atoms with E-state index in [0.29, 0.717) is 11.6 Å². The maximum absolute atomic E-state index is 9.50. The summed E-state index contributed by atoms with van der Waals surface area (Å²) in [7, 11) is 0. The molecular weight excluding hydrogens is 198 g/mol. The van der Waals surface area contributed by atoms with Crippen LogP contribution in [0.3, 0.4) is 0 Å². The van der Waals surface area contributed by atoms with Crippen LogP contribution < -0.4 is 5.32 Å². The first-order chi connectivity index (χ1) is 6.52. The Morgan fingerprint density at radius 2 is 2.36 bits per heavy atom. The molecule has 5 heteroatoms. The lowest BCUT2D eigenvalue weighted by Crippen LogP contribution is -2.52. The smallest absolute Gasteiger partial charge is 0.183 e. The van der Waals surface area contributed by atoms with Gasteiger partial charge in [0.2, 0.25) is 0 Å². The average molecular weight is 213 g/mol. The van der Waals surface area contributed by atoms with Gasteiger partial charge in [-0.25, -0.2) is 0 Å². The predicted molar refractivity (Wildman–Crippen MR) is 57.9 cm³/mol. The highest BCUT2D eigenvalue weighted by atomic mass is 32.2. The molecule has 2 atom stereocenters. The number of amidine groups is 1. The number of aliphatic hydroxyl groups is 1. The Morgan fingerprint density at radius 3 is 2.71 bits per heavy atom. The van der Waals surface area contributed by atoms with E-state index in [1.54, 1.807) is 0 Å². The number of rotatable bonds is 1. The Balaban J connectivity index is 2.64. The van der Waals surface area contributed by atoms with Gasteiger partial charge >= 0.3 is 0 Å². The van der Waals surface area contributed by atoms with Gasteiger partial charge in [-0.3, -0.25) is 10.3 Å². The van der Waals surface area contributed by atoms with Crippen molar-refractivity contribution in [3.63, 3.8) is 0 Å². The van der Waals surface area contributed by atoms with E-state index in [4.69, 9.17) is 5.26 Å². The van der Waals surface area contributed by atoms with E-state index >= 15 is 0 Å². The van der Waals surface area contributed by atoms with Crippen molar-refractivity contribution >= 4 is 16.9 Å². The zero-order valence-corrected chi connectivity index (χ0v) is 9.43. The van der Waals surface area contributed by atoms with Crippen molar-refractivity contribution in [3.8, 4) is 6.19 Å². The molecule has 1 rings (SSSR count). The fourth-order valence-corrected chi connectivity index (χ4v) is 1.81. The Kier molecular flexibility index (Phi) is 3.40. The number of nitriles is 1. The standard InChI is InChI=1S/C9H15N3OS/c1-9(2)6(4-7(9)13)12-8(14-3)11-5-10/h6-7,13H,4H2,1-3H3,(H,11,12). The second-order valence-corrected chi connectivity index (χ2v) is 4.76. The van der Waals surface area contributed by atoms with Gasteiger partial charge in [0.25, 0.3) is 0 Å². The number of aliphatic imine (C=N–C) groups is 1. The third-order valence-corrected chi connectivity index (χ3v) is 3.39. The lowest BCUT2D eigenvalue weighted by atomic mass is 9.65. The summed E-state index contributed by atoms with van der Waals surface area (Å²) >= 11 is 1.41. The van der Waals surface area contributed by atoms with Gasteiger partial charge in [-0.2, -0.15) is 5.26 Å². The van der Waals surface area contributed by atoms with Gasteiger partial charge in [-0.15, -0.1) is 0 Å². The molecule has 0 aromatic heterocycles. The normalized spacial score (nSPS) is 30.4. The van der Waals surface area contributed by atoms with Crippen LogP contribution in [0.1, 0.15) is 20.3 Å². The second kappa shape index (κ2) is 4.20. The van der Waals surface area contributed by atoms with E-state index in [2.05, 4.69) is 10.3 Å². The molecular formula is C9H15N3OS. The summed E-state index contributed by atoms with van der Waals surface area (Å²) in [6, 6.07) is 0.112. The number of nitrogens with zero attached hydrogens (tertiary/aromatic N) is 2. The minimum atomic E-state index is -0.276. The third-order valence-electron chi connectivity index (χ3n) is 2.79. The van der Waals surface area contributed by atoms with Crippen molar-refractivity contribution in [3.05, 3.63) is 0 Å². The molecule has 1 saturated carbocycles. The molecule has 0 amide bonds. The van der Waals surface area contributed by atoms with Crippen LogP contribution in [-0.2, 0) is 0 Å². The van der Waals surface area contributed by atoms with Gasteiger partial charge in [0.15, 0.2) is 11.4 Å². The molecule has 14 heavy (non-hydrogen) atoms. The van der Waals surface area contributed by atoms with E-state index in [1.165, 1.54) is 11.8 Å². The van der Waals surface area contributed by atoms with E-state index < -0.39 is 0 Å². The van der Waals surface area contributed by atoms with Crippen molar-refractivity contribution in [2.24, 2.45) is 10.4 Å². The fourth-order valence-electron chi connectivity index (χ4n) is 1.42. The lowest BCUT2D eigenvalue weighted by molar-refractivity contribution is -0.0575. The Bertz CT molecular complexity index is 282. The molecule has 0 aliphatic heterocycles. The van der Waals surface area contributed by atoms with Crippen LogP contribution in [0.15, 0.2) is 4.99 Å². The van der Waals surface area contributed by atoms with Gasteiger partial charge in [-0.05, 0) is 12.7 Å². The quantitative estimate of drug-likeness (QED) is 0.294. The highest BCUT2D eigenvalue weighted by Gasteiger charge is 2.47. The molecule has 2 unspecified atom stereocenters. The highest BCUT2D eigenvalue weighted by molar-refractivity contribution is 8.13. The summed E-state index contributed by atoms with van der Waals surface area (Å²) in [5, 5.41) is 21.1. The summed E-state index contributed by atoms with van der Waals surface area (Å²) in [5.74, 6) is 0. The van der Waals surface area contributed by atoms with Crippen molar-refractivity contribution < 1.29 is 5.11 Å².